The molecule has 0 spiro atoms. The van der Waals surface area contributed by atoms with Gasteiger partial charge in [-0.2, -0.15) is 0 Å². The van der Waals surface area contributed by atoms with Crippen molar-refractivity contribution >= 4 is 5.91 Å². The second-order valence-corrected chi connectivity index (χ2v) is 4.59. The number of aryl methyl sites for hydroxylation is 1. The summed E-state index contributed by atoms with van der Waals surface area (Å²) in [7, 11) is 0. The molecule has 1 saturated heterocycles. The molecule has 0 N–H and O–H groups in total. The van der Waals surface area contributed by atoms with Gasteiger partial charge in [-0.1, -0.05) is 6.92 Å². The van der Waals surface area contributed by atoms with Crippen molar-refractivity contribution in [1.82, 2.24) is 4.90 Å². The van der Waals surface area contributed by atoms with Crippen molar-refractivity contribution in [2.75, 3.05) is 13.1 Å². The van der Waals surface area contributed by atoms with Gasteiger partial charge in [-0.05, 0) is 26.0 Å². The molecule has 2 atom stereocenters. The number of morpholine rings is 1. The van der Waals surface area contributed by atoms with Crippen LogP contribution in [0.2, 0.25) is 0 Å². The average molecular weight is 237 g/mol. The number of ether oxygens (including phenoxy) is 1. The fraction of sp³-hybridized carbons (Fsp3) is 0.615. The van der Waals surface area contributed by atoms with Crippen LogP contribution in [0.15, 0.2) is 16.5 Å². The number of amides is 1. The highest BCUT2D eigenvalue weighted by Gasteiger charge is 2.28. The van der Waals surface area contributed by atoms with Gasteiger partial charge in [0.15, 0.2) is 5.76 Å². The number of nitrogens with zero attached hydrogens (tertiary/aromatic N) is 1. The van der Waals surface area contributed by atoms with Gasteiger partial charge in [0.2, 0.25) is 0 Å². The first-order chi connectivity index (χ1) is 8.10. The van der Waals surface area contributed by atoms with Crippen molar-refractivity contribution in [3.8, 4) is 0 Å². The summed E-state index contributed by atoms with van der Waals surface area (Å²) in [5, 5.41) is 0. The van der Waals surface area contributed by atoms with E-state index in [1.165, 1.54) is 0 Å². The average Bonchev–Trinajstić information content (AvgIpc) is 2.75. The Morgan fingerprint density at radius 1 is 1.35 bits per heavy atom. The molecular formula is C13H19NO3. The summed E-state index contributed by atoms with van der Waals surface area (Å²) in [6, 6.07) is 3.62. The van der Waals surface area contributed by atoms with Crippen LogP contribution in [0.1, 0.15) is 37.1 Å². The maximum absolute atomic E-state index is 12.2. The summed E-state index contributed by atoms with van der Waals surface area (Å²) >= 11 is 0. The number of carbonyl (C=O) groups excluding carboxylic acids is 1. The monoisotopic (exact) mass is 237 g/mol. The Morgan fingerprint density at radius 3 is 2.53 bits per heavy atom. The number of hydrogen-bond donors (Lipinski definition) is 0. The lowest BCUT2D eigenvalue weighted by atomic mass is 10.2. The Labute approximate surface area is 102 Å². The van der Waals surface area contributed by atoms with Gasteiger partial charge in [0.1, 0.15) is 5.76 Å². The SMILES string of the molecule is CCc1ccc(C(=O)N2CC(C)OC(C)C2)o1. The lowest BCUT2D eigenvalue weighted by molar-refractivity contribution is -0.0592. The lowest BCUT2D eigenvalue weighted by Crippen LogP contribution is -2.48. The smallest absolute Gasteiger partial charge is 0.289 e. The number of carbonyl (C=O) groups is 1. The second-order valence-electron chi connectivity index (χ2n) is 4.59. The summed E-state index contributed by atoms with van der Waals surface area (Å²) in [6.45, 7) is 7.23. The van der Waals surface area contributed by atoms with Crippen molar-refractivity contribution in [1.29, 1.82) is 0 Å². The van der Waals surface area contributed by atoms with Crippen LogP contribution in [0.4, 0.5) is 0 Å². The van der Waals surface area contributed by atoms with E-state index < -0.39 is 0 Å². The third-order valence-electron chi connectivity index (χ3n) is 2.93. The molecule has 2 unspecified atom stereocenters. The molecule has 17 heavy (non-hydrogen) atoms. The van der Waals surface area contributed by atoms with Crippen LogP contribution < -0.4 is 0 Å². The quantitative estimate of drug-likeness (QED) is 0.791. The summed E-state index contributed by atoms with van der Waals surface area (Å²) in [5.74, 6) is 1.25. The minimum absolute atomic E-state index is 0.0355. The lowest BCUT2D eigenvalue weighted by Gasteiger charge is -2.34. The Hall–Kier alpha value is -1.29. The van der Waals surface area contributed by atoms with Gasteiger partial charge in [-0.25, -0.2) is 0 Å². The number of rotatable bonds is 2. The van der Waals surface area contributed by atoms with E-state index in [4.69, 9.17) is 9.15 Å². The Morgan fingerprint density at radius 2 is 2.00 bits per heavy atom. The molecule has 1 aliphatic heterocycles. The zero-order valence-corrected chi connectivity index (χ0v) is 10.6. The minimum atomic E-state index is -0.0355. The molecular weight excluding hydrogens is 218 g/mol. The standard InChI is InChI=1S/C13H19NO3/c1-4-11-5-6-12(17-11)13(15)14-7-9(2)16-10(3)8-14/h5-6,9-10H,4,7-8H2,1-3H3. The molecule has 0 radical (unpaired) electrons. The predicted molar refractivity (Wildman–Crippen MR) is 64.0 cm³/mol. The number of furan rings is 1. The summed E-state index contributed by atoms with van der Waals surface area (Å²) in [5.41, 5.74) is 0. The first kappa shape index (κ1) is 12.2. The second kappa shape index (κ2) is 4.92. The van der Waals surface area contributed by atoms with Crippen LogP contribution in [0, 0.1) is 0 Å². The van der Waals surface area contributed by atoms with Crippen LogP contribution >= 0.6 is 0 Å². The van der Waals surface area contributed by atoms with Crippen LogP contribution in [-0.2, 0) is 11.2 Å². The topological polar surface area (TPSA) is 42.7 Å². The molecule has 2 rings (SSSR count). The minimum Gasteiger partial charge on any atom is -0.456 e. The number of hydrogen-bond acceptors (Lipinski definition) is 3. The molecule has 0 aromatic carbocycles. The van der Waals surface area contributed by atoms with Crippen LogP contribution in [0.3, 0.4) is 0 Å². The van der Waals surface area contributed by atoms with Gasteiger partial charge in [0.05, 0.1) is 12.2 Å². The third-order valence-corrected chi connectivity index (χ3v) is 2.93. The van der Waals surface area contributed by atoms with Gasteiger partial charge in [-0.3, -0.25) is 4.79 Å². The Kier molecular flexibility index (Phi) is 3.52. The zero-order valence-electron chi connectivity index (χ0n) is 10.6. The molecule has 1 amide bonds. The molecule has 1 aromatic rings. The van der Waals surface area contributed by atoms with Gasteiger partial charge >= 0.3 is 0 Å². The van der Waals surface area contributed by atoms with E-state index in [1.807, 2.05) is 26.8 Å². The van der Waals surface area contributed by atoms with Crippen molar-refractivity contribution < 1.29 is 13.9 Å². The Bertz CT molecular complexity index is 389. The molecule has 1 aliphatic rings. The maximum atomic E-state index is 12.2. The van der Waals surface area contributed by atoms with E-state index in [2.05, 4.69) is 0 Å². The van der Waals surface area contributed by atoms with E-state index >= 15 is 0 Å². The van der Waals surface area contributed by atoms with E-state index in [0.717, 1.165) is 12.2 Å². The van der Waals surface area contributed by atoms with Gasteiger partial charge in [-0.15, -0.1) is 0 Å². The summed E-state index contributed by atoms with van der Waals surface area (Å²) < 4.78 is 11.1. The molecule has 0 saturated carbocycles. The molecule has 4 heteroatoms. The molecule has 2 heterocycles. The fourth-order valence-corrected chi connectivity index (χ4v) is 2.18. The van der Waals surface area contributed by atoms with Crippen molar-refractivity contribution in [3.63, 3.8) is 0 Å². The van der Waals surface area contributed by atoms with Crippen LogP contribution in [-0.4, -0.2) is 36.1 Å². The molecule has 0 aliphatic carbocycles. The van der Waals surface area contributed by atoms with E-state index in [-0.39, 0.29) is 18.1 Å². The highest BCUT2D eigenvalue weighted by Crippen LogP contribution is 2.16. The van der Waals surface area contributed by atoms with E-state index in [0.29, 0.717) is 18.8 Å². The molecule has 4 nitrogen and oxygen atoms in total. The zero-order chi connectivity index (χ0) is 12.4. The Balaban J connectivity index is 2.08. The molecule has 1 aromatic heterocycles. The van der Waals surface area contributed by atoms with E-state index in [1.54, 1.807) is 11.0 Å². The largest absolute Gasteiger partial charge is 0.456 e. The molecule has 94 valence electrons. The van der Waals surface area contributed by atoms with Crippen LogP contribution in [0.5, 0.6) is 0 Å². The molecule has 0 bridgehead atoms. The molecule has 1 fully saturated rings. The highest BCUT2D eigenvalue weighted by atomic mass is 16.5. The van der Waals surface area contributed by atoms with Crippen molar-refractivity contribution in [2.24, 2.45) is 0 Å². The van der Waals surface area contributed by atoms with Crippen LogP contribution in [0.25, 0.3) is 0 Å². The first-order valence-electron chi connectivity index (χ1n) is 6.13. The predicted octanol–water partition coefficient (Wildman–Crippen LogP) is 2.09. The first-order valence-corrected chi connectivity index (χ1v) is 6.13. The van der Waals surface area contributed by atoms with Gasteiger partial charge in [0.25, 0.3) is 5.91 Å². The third kappa shape index (κ3) is 2.69. The van der Waals surface area contributed by atoms with Crippen molar-refractivity contribution in [2.45, 2.75) is 39.4 Å². The van der Waals surface area contributed by atoms with Gasteiger partial charge in [0, 0.05) is 19.5 Å². The summed E-state index contributed by atoms with van der Waals surface area (Å²) in [4.78, 5) is 14.0. The normalized spacial score (nSPS) is 25.0. The highest BCUT2D eigenvalue weighted by molar-refractivity contribution is 5.91. The van der Waals surface area contributed by atoms with E-state index in [9.17, 15) is 4.79 Å². The maximum Gasteiger partial charge on any atom is 0.289 e. The van der Waals surface area contributed by atoms with Crippen molar-refractivity contribution in [3.05, 3.63) is 23.7 Å². The summed E-state index contributed by atoms with van der Waals surface area (Å²) in [6.07, 6.45) is 0.982. The van der Waals surface area contributed by atoms with Gasteiger partial charge < -0.3 is 14.1 Å². The fourth-order valence-electron chi connectivity index (χ4n) is 2.18.